The summed E-state index contributed by atoms with van der Waals surface area (Å²) in [4.78, 5) is 24.9. The molecule has 248 valence electrons. The van der Waals surface area contributed by atoms with Crippen molar-refractivity contribution in [1.29, 1.82) is 0 Å². The highest BCUT2D eigenvalue weighted by molar-refractivity contribution is 7.85. The van der Waals surface area contributed by atoms with Crippen molar-refractivity contribution in [3.05, 3.63) is 35.9 Å². The highest BCUT2D eigenvalue weighted by Crippen LogP contribution is 2.69. The van der Waals surface area contributed by atoms with Crippen LogP contribution in [0.2, 0.25) is 0 Å². The number of hydrogen-bond acceptors (Lipinski definition) is 6. The molecule has 0 spiro atoms. The first-order valence-corrected chi connectivity index (χ1v) is 18.4. The number of fused-ring (bicyclic) bond motifs is 5. The maximum absolute atomic E-state index is 12.5. The van der Waals surface area contributed by atoms with E-state index in [0.29, 0.717) is 49.4 Å². The van der Waals surface area contributed by atoms with E-state index in [1.807, 2.05) is 30.3 Å². The molecule has 0 unspecified atom stereocenters. The zero-order valence-corrected chi connectivity index (χ0v) is 28.1. The van der Waals surface area contributed by atoms with Crippen molar-refractivity contribution >= 4 is 22.0 Å². The molecule has 4 aliphatic rings. The van der Waals surface area contributed by atoms with Crippen molar-refractivity contribution in [1.82, 2.24) is 5.32 Å². The number of ether oxygens (including phenoxy) is 1. The van der Waals surface area contributed by atoms with Crippen molar-refractivity contribution in [2.45, 2.75) is 104 Å². The molecule has 10 atom stereocenters. The SMILES string of the molecule is CC(=O)O[C@H]1C[C@@H]2C[C@](O)(C#Cc3ccccc3)CC[C@]2(C)[C@H]2CC[C@]3(C)[C@@H]([C@H](C)CCC(=O)NCCS(=O)(=O)O)CC[C@H]3[C@H]12. The van der Waals surface area contributed by atoms with Crippen LogP contribution in [0.25, 0.3) is 0 Å². The van der Waals surface area contributed by atoms with Crippen molar-refractivity contribution in [2.24, 2.45) is 46.3 Å². The van der Waals surface area contributed by atoms with E-state index >= 15 is 0 Å². The lowest BCUT2D eigenvalue weighted by Gasteiger charge is -2.63. The monoisotopic (exact) mass is 641 g/mol. The Morgan fingerprint density at radius 2 is 1.78 bits per heavy atom. The molecule has 1 aromatic carbocycles. The quantitative estimate of drug-likeness (QED) is 0.197. The van der Waals surface area contributed by atoms with Gasteiger partial charge in [-0.05, 0) is 110 Å². The van der Waals surface area contributed by atoms with Crippen LogP contribution in [0.4, 0.5) is 0 Å². The molecule has 4 saturated carbocycles. The summed E-state index contributed by atoms with van der Waals surface area (Å²) in [5.74, 6) is 7.59. The fourth-order valence-corrected chi connectivity index (χ4v) is 10.7. The molecule has 1 aromatic rings. The van der Waals surface area contributed by atoms with Crippen LogP contribution < -0.4 is 5.32 Å². The Labute approximate surface area is 269 Å². The highest BCUT2D eigenvalue weighted by atomic mass is 32.2. The zero-order chi connectivity index (χ0) is 32.6. The minimum absolute atomic E-state index is 0.0488. The van der Waals surface area contributed by atoms with Crippen LogP contribution in [-0.4, -0.2) is 54.0 Å². The molecular weight excluding hydrogens is 590 g/mol. The Balaban J connectivity index is 1.30. The maximum Gasteiger partial charge on any atom is 0.302 e. The molecule has 4 fully saturated rings. The molecule has 0 bridgehead atoms. The largest absolute Gasteiger partial charge is 0.462 e. The highest BCUT2D eigenvalue weighted by Gasteiger charge is 2.64. The number of amides is 1. The molecular formula is C36H51NO7S. The summed E-state index contributed by atoms with van der Waals surface area (Å²) in [5, 5.41) is 14.3. The van der Waals surface area contributed by atoms with E-state index < -0.39 is 21.5 Å². The summed E-state index contributed by atoms with van der Waals surface area (Å²) in [6.45, 7) is 8.49. The number of aliphatic hydroxyl groups is 1. The second-order valence-corrected chi connectivity index (χ2v) is 16.7. The van der Waals surface area contributed by atoms with Crippen molar-refractivity contribution in [3.63, 3.8) is 0 Å². The molecule has 4 aliphatic carbocycles. The van der Waals surface area contributed by atoms with E-state index in [2.05, 4.69) is 37.9 Å². The smallest absolute Gasteiger partial charge is 0.302 e. The van der Waals surface area contributed by atoms with Crippen LogP contribution in [0.3, 0.4) is 0 Å². The topological polar surface area (TPSA) is 130 Å². The third kappa shape index (κ3) is 7.29. The van der Waals surface area contributed by atoms with E-state index in [-0.39, 0.29) is 47.2 Å². The molecule has 45 heavy (non-hydrogen) atoms. The summed E-state index contributed by atoms with van der Waals surface area (Å²) in [7, 11) is -4.10. The van der Waals surface area contributed by atoms with E-state index in [0.717, 1.165) is 44.1 Å². The molecule has 9 heteroatoms. The summed E-state index contributed by atoms with van der Waals surface area (Å²) in [5.41, 5.74) is -0.0217. The summed E-state index contributed by atoms with van der Waals surface area (Å²) in [6.07, 6.45) is 8.09. The van der Waals surface area contributed by atoms with Crippen LogP contribution in [0.1, 0.15) is 97.5 Å². The van der Waals surface area contributed by atoms with Gasteiger partial charge >= 0.3 is 5.97 Å². The van der Waals surface area contributed by atoms with E-state index in [1.165, 1.54) is 6.92 Å². The van der Waals surface area contributed by atoms with Gasteiger partial charge < -0.3 is 15.2 Å². The molecule has 0 heterocycles. The number of benzene rings is 1. The minimum atomic E-state index is -4.10. The van der Waals surface area contributed by atoms with Gasteiger partial charge in [-0.25, -0.2) is 0 Å². The Hall–Kier alpha value is -2.41. The van der Waals surface area contributed by atoms with Crippen LogP contribution in [0.5, 0.6) is 0 Å². The van der Waals surface area contributed by atoms with Gasteiger partial charge in [0.25, 0.3) is 10.1 Å². The normalized spacial score (nSPS) is 38.0. The number of hydrogen-bond donors (Lipinski definition) is 3. The lowest BCUT2D eigenvalue weighted by Crippen LogP contribution is -2.60. The average molecular weight is 642 g/mol. The van der Waals surface area contributed by atoms with E-state index in [4.69, 9.17) is 9.29 Å². The zero-order valence-electron chi connectivity index (χ0n) is 27.3. The first kappa shape index (κ1) is 33.9. The first-order valence-electron chi connectivity index (χ1n) is 16.8. The van der Waals surface area contributed by atoms with Gasteiger partial charge in [-0.3, -0.25) is 14.1 Å². The first-order chi connectivity index (χ1) is 21.1. The third-order valence-corrected chi connectivity index (χ3v) is 13.2. The molecule has 5 rings (SSSR count). The molecule has 0 aromatic heterocycles. The van der Waals surface area contributed by atoms with Crippen LogP contribution >= 0.6 is 0 Å². The minimum Gasteiger partial charge on any atom is -0.462 e. The van der Waals surface area contributed by atoms with Crippen LogP contribution in [-0.2, 0) is 24.4 Å². The Bertz CT molecular complexity index is 1420. The summed E-state index contributed by atoms with van der Waals surface area (Å²) >= 11 is 0. The number of rotatable bonds is 8. The Morgan fingerprint density at radius 3 is 2.47 bits per heavy atom. The van der Waals surface area contributed by atoms with Crippen molar-refractivity contribution in [2.75, 3.05) is 12.3 Å². The fourth-order valence-electron chi connectivity index (χ4n) is 10.3. The molecule has 0 aliphatic heterocycles. The van der Waals surface area contributed by atoms with Gasteiger partial charge in [0.05, 0.1) is 5.75 Å². The second-order valence-electron chi connectivity index (χ2n) is 15.1. The summed E-state index contributed by atoms with van der Waals surface area (Å²) in [6, 6.07) is 9.79. The number of carbonyl (C=O) groups is 2. The Morgan fingerprint density at radius 1 is 1.07 bits per heavy atom. The van der Waals surface area contributed by atoms with E-state index in [1.54, 1.807) is 0 Å². The third-order valence-electron chi connectivity index (χ3n) is 12.5. The number of esters is 1. The fraction of sp³-hybridized carbons (Fsp3) is 0.722. The predicted molar refractivity (Wildman–Crippen MR) is 172 cm³/mol. The van der Waals surface area contributed by atoms with Gasteiger partial charge in [-0.15, -0.1) is 0 Å². The van der Waals surface area contributed by atoms with E-state index in [9.17, 15) is 23.1 Å². The standard InChI is InChI=1S/C36H51NO7S/c1-24(10-13-32(39)37-20-21-45(41,42)43)28-11-12-29-33-30(15-16-35(28,29)4)34(3)18-19-36(40,17-14-26-8-6-5-7-9-26)23-27(34)22-31(33)44-25(2)38/h5-9,24,27-31,33,40H,10-13,15-16,18-23H2,1-4H3,(H,37,39)(H,41,42,43)/t24-,27-,28-,29+,30+,31+,33+,34+,35-,36+/m1/s1. The van der Waals surface area contributed by atoms with Gasteiger partial charge in [0.2, 0.25) is 5.91 Å². The molecule has 0 radical (unpaired) electrons. The average Bonchev–Trinajstić information content (AvgIpc) is 3.33. The van der Waals surface area contributed by atoms with Gasteiger partial charge in [-0.2, -0.15) is 8.42 Å². The predicted octanol–water partition coefficient (Wildman–Crippen LogP) is 5.39. The summed E-state index contributed by atoms with van der Waals surface area (Å²) < 4.78 is 37.0. The van der Waals surface area contributed by atoms with Gasteiger partial charge in [0.15, 0.2) is 0 Å². The van der Waals surface area contributed by atoms with Gasteiger partial charge in [0.1, 0.15) is 11.7 Å². The second kappa shape index (κ2) is 13.0. The lowest BCUT2D eigenvalue weighted by molar-refractivity contribution is -0.198. The molecule has 3 N–H and O–H groups in total. The maximum atomic E-state index is 12.5. The van der Waals surface area contributed by atoms with Crippen LogP contribution in [0.15, 0.2) is 30.3 Å². The van der Waals surface area contributed by atoms with Crippen LogP contribution in [0, 0.1) is 58.2 Å². The van der Waals surface area contributed by atoms with Gasteiger partial charge in [0, 0.05) is 31.4 Å². The number of carbonyl (C=O) groups excluding carboxylic acids is 2. The molecule has 0 saturated heterocycles. The van der Waals surface area contributed by atoms with Crippen molar-refractivity contribution in [3.8, 4) is 11.8 Å². The van der Waals surface area contributed by atoms with Gasteiger partial charge in [-0.1, -0.05) is 50.8 Å². The Kier molecular flexibility index (Phi) is 9.81. The molecule has 8 nitrogen and oxygen atoms in total. The number of nitrogens with one attached hydrogen (secondary N) is 1. The van der Waals surface area contributed by atoms with Crippen molar-refractivity contribution < 1.29 is 32.4 Å². The molecule has 1 amide bonds. The lowest BCUT2D eigenvalue weighted by atomic mass is 9.43.